The summed E-state index contributed by atoms with van der Waals surface area (Å²) in [4.78, 5) is 17.9. The third kappa shape index (κ3) is 3.84. The fourth-order valence-corrected chi connectivity index (χ4v) is 4.30. The summed E-state index contributed by atoms with van der Waals surface area (Å²) in [7, 11) is 0. The second kappa shape index (κ2) is 7.97. The number of carbonyl (C=O) groups is 1. The lowest BCUT2D eigenvalue weighted by Crippen LogP contribution is -2.38. The van der Waals surface area contributed by atoms with Gasteiger partial charge in [-0.05, 0) is 42.5 Å². The van der Waals surface area contributed by atoms with Gasteiger partial charge in [0.2, 0.25) is 5.91 Å². The maximum atomic E-state index is 13.4. The van der Waals surface area contributed by atoms with Crippen molar-refractivity contribution in [3.8, 4) is 0 Å². The third-order valence-corrected chi connectivity index (χ3v) is 5.87. The Labute approximate surface area is 166 Å². The number of rotatable bonds is 5. The van der Waals surface area contributed by atoms with Gasteiger partial charge in [-0.3, -0.25) is 9.78 Å². The molecule has 1 N–H and O–H groups in total. The molecule has 3 heteroatoms. The van der Waals surface area contributed by atoms with Gasteiger partial charge in [-0.2, -0.15) is 0 Å². The Morgan fingerprint density at radius 2 is 1.71 bits per heavy atom. The Bertz CT molecular complexity index is 988. The Morgan fingerprint density at radius 1 is 1.00 bits per heavy atom. The van der Waals surface area contributed by atoms with Gasteiger partial charge in [0.15, 0.2) is 0 Å². The molecule has 3 nitrogen and oxygen atoms in total. The van der Waals surface area contributed by atoms with Crippen molar-refractivity contribution < 1.29 is 4.79 Å². The standard InChI is InChI=1S/C25H26N2O/c1-19(20-10-4-2-5-11-20)17-25(14-8-3-9-15-25)24(28)27-22-16-21-12-6-7-13-23(21)26-18-22/h2,4-7,10-13,16,18H,1,3,8-9,14-15,17H2,(H,27,28). The van der Waals surface area contributed by atoms with Gasteiger partial charge in [0, 0.05) is 5.39 Å². The number of pyridine rings is 1. The molecule has 1 saturated carbocycles. The number of nitrogens with one attached hydrogen (secondary N) is 1. The van der Waals surface area contributed by atoms with Crippen LogP contribution in [0.5, 0.6) is 0 Å². The predicted molar refractivity (Wildman–Crippen MR) is 116 cm³/mol. The lowest BCUT2D eigenvalue weighted by Gasteiger charge is -2.36. The van der Waals surface area contributed by atoms with E-state index in [1.807, 2.05) is 48.5 Å². The molecule has 0 spiro atoms. The van der Waals surface area contributed by atoms with E-state index >= 15 is 0 Å². The number of anilines is 1. The highest BCUT2D eigenvalue weighted by atomic mass is 16.2. The summed E-state index contributed by atoms with van der Waals surface area (Å²) < 4.78 is 0. The van der Waals surface area contributed by atoms with Crippen LogP contribution in [-0.4, -0.2) is 10.9 Å². The van der Waals surface area contributed by atoms with Crippen molar-refractivity contribution in [3.63, 3.8) is 0 Å². The van der Waals surface area contributed by atoms with Crippen molar-refractivity contribution in [3.05, 3.63) is 79.0 Å². The first kappa shape index (κ1) is 18.4. The molecule has 1 amide bonds. The molecule has 0 saturated heterocycles. The molecule has 142 valence electrons. The van der Waals surface area contributed by atoms with Gasteiger partial charge >= 0.3 is 0 Å². The van der Waals surface area contributed by atoms with E-state index in [0.29, 0.717) is 6.42 Å². The van der Waals surface area contributed by atoms with Gasteiger partial charge in [-0.1, -0.05) is 74.4 Å². The van der Waals surface area contributed by atoms with E-state index in [2.05, 4.69) is 29.0 Å². The minimum absolute atomic E-state index is 0.0985. The van der Waals surface area contributed by atoms with E-state index in [9.17, 15) is 4.79 Å². The molecular weight excluding hydrogens is 344 g/mol. The Balaban J connectivity index is 1.57. The highest BCUT2D eigenvalue weighted by Gasteiger charge is 2.40. The van der Waals surface area contributed by atoms with Gasteiger partial charge in [0.25, 0.3) is 0 Å². The molecule has 0 atom stereocenters. The molecule has 0 unspecified atom stereocenters. The average molecular weight is 370 g/mol. The molecule has 0 radical (unpaired) electrons. The van der Waals surface area contributed by atoms with Crippen molar-refractivity contribution >= 4 is 28.1 Å². The minimum atomic E-state index is -0.392. The number of fused-ring (bicyclic) bond motifs is 1. The van der Waals surface area contributed by atoms with E-state index in [-0.39, 0.29) is 5.91 Å². The van der Waals surface area contributed by atoms with Crippen molar-refractivity contribution in [1.29, 1.82) is 0 Å². The molecule has 3 aromatic rings. The summed E-state index contributed by atoms with van der Waals surface area (Å²) in [6, 6.07) is 20.2. The van der Waals surface area contributed by atoms with Crippen LogP contribution >= 0.6 is 0 Å². The number of nitrogens with zero attached hydrogens (tertiary/aromatic N) is 1. The molecule has 0 aliphatic heterocycles. The van der Waals surface area contributed by atoms with Gasteiger partial charge in [0.05, 0.1) is 22.8 Å². The monoisotopic (exact) mass is 370 g/mol. The number of allylic oxidation sites excluding steroid dienone is 1. The number of amides is 1. The number of carbonyl (C=O) groups excluding carboxylic acids is 1. The Hall–Kier alpha value is -2.94. The zero-order chi connectivity index (χ0) is 19.4. The molecule has 28 heavy (non-hydrogen) atoms. The number of para-hydroxylation sites is 1. The average Bonchev–Trinajstić information content (AvgIpc) is 2.75. The number of hydrogen-bond donors (Lipinski definition) is 1. The fourth-order valence-electron chi connectivity index (χ4n) is 4.30. The van der Waals surface area contributed by atoms with Crippen LogP contribution in [0.2, 0.25) is 0 Å². The van der Waals surface area contributed by atoms with Crippen molar-refractivity contribution in [1.82, 2.24) is 4.98 Å². The molecule has 1 heterocycles. The van der Waals surface area contributed by atoms with Crippen molar-refractivity contribution in [2.45, 2.75) is 38.5 Å². The second-order valence-corrected chi connectivity index (χ2v) is 7.86. The summed E-state index contributed by atoms with van der Waals surface area (Å²) in [6.07, 6.45) is 7.64. The highest BCUT2D eigenvalue weighted by Crippen LogP contribution is 2.44. The van der Waals surface area contributed by atoms with Crippen LogP contribution in [0.3, 0.4) is 0 Å². The summed E-state index contributed by atoms with van der Waals surface area (Å²) in [5.74, 6) is 0.0985. The van der Waals surface area contributed by atoms with Crippen LogP contribution in [0.25, 0.3) is 16.5 Å². The zero-order valence-electron chi connectivity index (χ0n) is 16.2. The topological polar surface area (TPSA) is 42.0 Å². The largest absolute Gasteiger partial charge is 0.324 e. The van der Waals surface area contributed by atoms with E-state index in [0.717, 1.165) is 53.4 Å². The number of hydrogen-bond acceptors (Lipinski definition) is 2. The molecule has 0 bridgehead atoms. The molecule has 1 fully saturated rings. The smallest absolute Gasteiger partial charge is 0.230 e. The molecule has 1 aromatic heterocycles. The first-order valence-electron chi connectivity index (χ1n) is 10.1. The lowest BCUT2D eigenvalue weighted by molar-refractivity contribution is -0.127. The van der Waals surface area contributed by atoms with Gasteiger partial charge in [-0.25, -0.2) is 0 Å². The molecule has 1 aliphatic carbocycles. The van der Waals surface area contributed by atoms with E-state index in [4.69, 9.17) is 0 Å². The Morgan fingerprint density at radius 3 is 2.50 bits per heavy atom. The first-order chi connectivity index (χ1) is 13.7. The van der Waals surface area contributed by atoms with Crippen LogP contribution in [-0.2, 0) is 4.79 Å². The predicted octanol–water partition coefficient (Wildman–Crippen LogP) is 6.23. The van der Waals surface area contributed by atoms with E-state index in [1.165, 1.54) is 6.42 Å². The molecule has 4 rings (SSSR count). The third-order valence-electron chi connectivity index (χ3n) is 5.87. The van der Waals surface area contributed by atoms with Gasteiger partial charge in [0.1, 0.15) is 0 Å². The van der Waals surface area contributed by atoms with Gasteiger partial charge in [-0.15, -0.1) is 0 Å². The second-order valence-electron chi connectivity index (χ2n) is 7.86. The summed E-state index contributed by atoms with van der Waals surface area (Å²) in [5.41, 5.74) is 3.46. The summed E-state index contributed by atoms with van der Waals surface area (Å²) in [6.45, 7) is 4.30. The lowest BCUT2D eigenvalue weighted by atomic mass is 9.69. The molecular formula is C25H26N2O. The quantitative estimate of drug-likeness (QED) is 0.578. The normalized spacial score (nSPS) is 15.9. The van der Waals surface area contributed by atoms with Gasteiger partial charge < -0.3 is 5.32 Å². The van der Waals surface area contributed by atoms with E-state index in [1.54, 1.807) is 6.20 Å². The summed E-state index contributed by atoms with van der Waals surface area (Å²) in [5, 5.41) is 4.19. The van der Waals surface area contributed by atoms with Crippen LogP contribution in [0.15, 0.2) is 73.4 Å². The maximum Gasteiger partial charge on any atom is 0.230 e. The van der Waals surface area contributed by atoms with E-state index < -0.39 is 5.41 Å². The van der Waals surface area contributed by atoms with Crippen LogP contribution in [0, 0.1) is 5.41 Å². The minimum Gasteiger partial charge on any atom is -0.324 e. The maximum absolute atomic E-state index is 13.4. The van der Waals surface area contributed by atoms with Crippen molar-refractivity contribution in [2.75, 3.05) is 5.32 Å². The van der Waals surface area contributed by atoms with Crippen LogP contribution < -0.4 is 5.32 Å². The fraction of sp³-hybridized carbons (Fsp3) is 0.280. The van der Waals surface area contributed by atoms with Crippen LogP contribution in [0.1, 0.15) is 44.1 Å². The first-order valence-corrected chi connectivity index (χ1v) is 10.1. The molecule has 1 aliphatic rings. The van der Waals surface area contributed by atoms with Crippen LogP contribution in [0.4, 0.5) is 5.69 Å². The van der Waals surface area contributed by atoms with Crippen molar-refractivity contribution in [2.24, 2.45) is 5.41 Å². The Kier molecular flexibility index (Phi) is 5.25. The summed E-state index contributed by atoms with van der Waals surface area (Å²) >= 11 is 0. The number of benzene rings is 2. The highest BCUT2D eigenvalue weighted by molar-refractivity contribution is 5.97. The zero-order valence-corrected chi connectivity index (χ0v) is 16.2. The number of aromatic nitrogens is 1. The molecule has 2 aromatic carbocycles. The SMILES string of the molecule is C=C(CC1(C(=O)Nc2cnc3ccccc3c2)CCCCC1)c1ccccc1.